The molecule has 21 heavy (non-hydrogen) atoms. The quantitative estimate of drug-likeness (QED) is 0.712. The van der Waals surface area contributed by atoms with E-state index in [2.05, 4.69) is 0 Å². The van der Waals surface area contributed by atoms with Crippen LogP contribution < -0.4 is 0 Å². The molecule has 0 aromatic heterocycles. The van der Waals surface area contributed by atoms with Gasteiger partial charge in [-0.05, 0) is 34.4 Å². The van der Waals surface area contributed by atoms with Gasteiger partial charge in [0.2, 0.25) is 0 Å². The molecule has 0 heterocycles. The lowest BCUT2D eigenvalue weighted by molar-refractivity contribution is 0.112. The fraction of sp³-hybridized carbons (Fsp3) is 0. The molecule has 0 unspecified atom stereocenters. The van der Waals surface area contributed by atoms with Crippen molar-refractivity contribution in [3.05, 3.63) is 78.4 Å². The summed E-state index contributed by atoms with van der Waals surface area (Å²) >= 11 is 0. The van der Waals surface area contributed by atoms with Crippen molar-refractivity contribution in [2.45, 2.75) is 0 Å². The third-order valence-electron chi connectivity index (χ3n) is 3.47. The predicted octanol–water partition coefficient (Wildman–Crippen LogP) is 4.54. The van der Waals surface area contributed by atoms with Gasteiger partial charge in [-0.25, -0.2) is 0 Å². The molecule has 0 bridgehead atoms. The first-order valence-corrected chi connectivity index (χ1v) is 6.72. The van der Waals surface area contributed by atoms with E-state index in [1.165, 1.54) is 0 Å². The van der Waals surface area contributed by atoms with Crippen LogP contribution in [0.2, 0.25) is 0 Å². The number of benzene rings is 3. The Labute approximate surface area is 123 Å². The first kappa shape index (κ1) is 13.1. The highest BCUT2D eigenvalue weighted by molar-refractivity contribution is 5.93. The summed E-state index contributed by atoms with van der Waals surface area (Å²) in [6.07, 6.45) is 0.701. The van der Waals surface area contributed by atoms with E-state index < -0.39 is 0 Å². The monoisotopic (exact) mass is 274 g/mol. The molecule has 102 valence electrons. The van der Waals surface area contributed by atoms with Gasteiger partial charge in [0, 0.05) is 0 Å². The highest BCUT2D eigenvalue weighted by atomic mass is 16.3. The second kappa shape index (κ2) is 5.63. The van der Waals surface area contributed by atoms with Crippen molar-refractivity contribution in [3.63, 3.8) is 0 Å². The third kappa shape index (κ3) is 2.56. The average molecular weight is 274 g/mol. The standard InChI is InChI=1S/C19H14O2/c20-13-18-17(15-9-5-2-6-10-15)11-16(12-19(18)21)14-7-3-1-4-8-14/h1-13,21H. The number of hydrogen-bond donors (Lipinski definition) is 1. The van der Waals surface area contributed by atoms with Crippen molar-refractivity contribution >= 4 is 6.29 Å². The Morgan fingerprint density at radius 2 is 1.29 bits per heavy atom. The second-order valence-electron chi connectivity index (χ2n) is 4.81. The Morgan fingerprint density at radius 1 is 0.714 bits per heavy atom. The van der Waals surface area contributed by atoms with Crippen LogP contribution >= 0.6 is 0 Å². The average Bonchev–Trinajstić information content (AvgIpc) is 2.55. The molecule has 0 saturated carbocycles. The Hall–Kier alpha value is -2.87. The normalized spacial score (nSPS) is 10.3. The molecule has 1 N–H and O–H groups in total. The molecule has 3 aromatic rings. The molecule has 0 amide bonds. The van der Waals surface area contributed by atoms with Crippen molar-refractivity contribution in [3.8, 4) is 28.0 Å². The van der Waals surface area contributed by atoms with Crippen LogP contribution in [0.15, 0.2) is 72.8 Å². The third-order valence-corrected chi connectivity index (χ3v) is 3.47. The van der Waals surface area contributed by atoms with Gasteiger partial charge < -0.3 is 5.11 Å². The maximum atomic E-state index is 11.3. The van der Waals surface area contributed by atoms with Crippen LogP contribution in [-0.2, 0) is 0 Å². The molecule has 0 fully saturated rings. The van der Waals surface area contributed by atoms with Gasteiger partial charge in [0.05, 0.1) is 5.56 Å². The minimum atomic E-state index is 0.00482. The van der Waals surface area contributed by atoms with Crippen molar-refractivity contribution in [2.24, 2.45) is 0 Å². The van der Waals surface area contributed by atoms with Crippen LogP contribution in [0, 0.1) is 0 Å². The molecule has 3 rings (SSSR count). The highest BCUT2D eigenvalue weighted by Crippen LogP contribution is 2.34. The maximum Gasteiger partial charge on any atom is 0.154 e. The summed E-state index contributed by atoms with van der Waals surface area (Å²) in [5, 5.41) is 10.2. The van der Waals surface area contributed by atoms with Gasteiger partial charge in [-0.3, -0.25) is 4.79 Å². The molecule has 3 aromatic carbocycles. The number of aldehydes is 1. The molecular weight excluding hydrogens is 260 g/mol. The molecule has 0 aliphatic carbocycles. The first-order chi connectivity index (χ1) is 10.3. The van der Waals surface area contributed by atoms with Crippen LogP contribution in [0.1, 0.15) is 10.4 Å². The number of hydrogen-bond acceptors (Lipinski definition) is 2. The number of phenols is 1. The van der Waals surface area contributed by atoms with Crippen LogP contribution in [0.5, 0.6) is 5.75 Å². The summed E-state index contributed by atoms with van der Waals surface area (Å²) in [7, 11) is 0. The smallest absolute Gasteiger partial charge is 0.154 e. The van der Waals surface area contributed by atoms with Gasteiger partial charge in [0.1, 0.15) is 5.75 Å². The lowest BCUT2D eigenvalue weighted by atomic mass is 9.94. The number of carbonyl (C=O) groups is 1. The van der Waals surface area contributed by atoms with Gasteiger partial charge in [0.15, 0.2) is 6.29 Å². The first-order valence-electron chi connectivity index (χ1n) is 6.72. The van der Waals surface area contributed by atoms with Crippen LogP contribution in [0.25, 0.3) is 22.3 Å². The Balaban J connectivity index is 2.23. The zero-order valence-corrected chi connectivity index (χ0v) is 11.4. The van der Waals surface area contributed by atoms with Crippen molar-refractivity contribution in [2.75, 3.05) is 0 Å². The summed E-state index contributed by atoms with van der Waals surface area (Å²) < 4.78 is 0. The number of carbonyl (C=O) groups excluding carboxylic acids is 1. The molecule has 2 nitrogen and oxygen atoms in total. The molecule has 0 radical (unpaired) electrons. The zero-order valence-electron chi connectivity index (χ0n) is 11.4. The van der Waals surface area contributed by atoms with Gasteiger partial charge in [0.25, 0.3) is 0 Å². The molecule has 0 atom stereocenters. The van der Waals surface area contributed by atoms with Gasteiger partial charge in [-0.1, -0.05) is 60.7 Å². The van der Waals surface area contributed by atoms with E-state index in [1.807, 2.05) is 66.7 Å². The Morgan fingerprint density at radius 3 is 1.86 bits per heavy atom. The topological polar surface area (TPSA) is 37.3 Å². The maximum absolute atomic E-state index is 11.3. The summed E-state index contributed by atoms with van der Waals surface area (Å²) in [5.74, 6) is 0.00482. The van der Waals surface area contributed by atoms with Crippen LogP contribution in [0.3, 0.4) is 0 Å². The van der Waals surface area contributed by atoms with E-state index in [0.717, 1.165) is 22.3 Å². The van der Waals surface area contributed by atoms with Crippen molar-refractivity contribution in [1.82, 2.24) is 0 Å². The largest absolute Gasteiger partial charge is 0.507 e. The lowest BCUT2D eigenvalue weighted by Crippen LogP contribution is -1.90. The van der Waals surface area contributed by atoms with Gasteiger partial charge in [-0.15, -0.1) is 0 Å². The van der Waals surface area contributed by atoms with Gasteiger partial charge >= 0.3 is 0 Å². The van der Waals surface area contributed by atoms with E-state index in [4.69, 9.17) is 0 Å². The van der Waals surface area contributed by atoms with Crippen LogP contribution in [-0.4, -0.2) is 11.4 Å². The van der Waals surface area contributed by atoms with E-state index in [-0.39, 0.29) is 5.75 Å². The van der Waals surface area contributed by atoms with E-state index in [9.17, 15) is 9.90 Å². The SMILES string of the molecule is O=Cc1c(O)cc(-c2ccccc2)cc1-c1ccccc1. The summed E-state index contributed by atoms with van der Waals surface area (Å²) in [6.45, 7) is 0. The van der Waals surface area contributed by atoms with E-state index in [1.54, 1.807) is 6.07 Å². The molecule has 0 aliphatic rings. The summed E-state index contributed by atoms with van der Waals surface area (Å²) in [4.78, 5) is 11.3. The zero-order chi connectivity index (χ0) is 14.7. The molecule has 0 spiro atoms. The number of aromatic hydroxyl groups is 1. The van der Waals surface area contributed by atoms with Gasteiger partial charge in [-0.2, -0.15) is 0 Å². The fourth-order valence-electron chi connectivity index (χ4n) is 2.42. The highest BCUT2D eigenvalue weighted by Gasteiger charge is 2.12. The minimum Gasteiger partial charge on any atom is -0.507 e. The molecular formula is C19H14O2. The van der Waals surface area contributed by atoms with Crippen molar-refractivity contribution in [1.29, 1.82) is 0 Å². The van der Waals surface area contributed by atoms with E-state index >= 15 is 0 Å². The number of phenolic OH excluding ortho intramolecular Hbond substituents is 1. The lowest BCUT2D eigenvalue weighted by Gasteiger charge is -2.11. The second-order valence-corrected chi connectivity index (χ2v) is 4.81. The fourth-order valence-corrected chi connectivity index (χ4v) is 2.42. The Kier molecular flexibility index (Phi) is 3.52. The summed E-state index contributed by atoms with van der Waals surface area (Å²) in [6, 6.07) is 23.0. The van der Waals surface area contributed by atoms with Crippen molar-refractivity contribution < 1.29 is 9.90 Å². The Bertz CT molecular complexity index is 762. The van der Waals surface area contributed by atoms with Crippen LogP contribution in [0.4, 0.5) is 0 Å². The number of rotatable bonds is 3. The predicted molar refractivity (Wildman–Crippen MR) is 84.4 cm³/mol. The minimum absolute atomic E-state index is 0.00482. The molecule has 2 heteroatoms. The van der Waals surface area contributed by atoms with E-state index in [0.29, 0.717) is 11.8 Å². The summed E-state index contributed by atoms with van der Waals surface area (Å²) in [5.41, 5.74) is 3.86. The molecule has 0 aliphatic heterocycles. The molecule has 0 saturated heterocycles.